The molecular weight excluding hydrogens is 162 g/mol. The average molecular weight is 176 g/mol. The summed E-state index contributed by atoms with van der Waals surface area (Å²) in [5.74, 6) is 0.654. The van der Waals surface area contributed by atoms with E-state index >= 15 is 0 Å². The van der Waals surface area contributed by atoms with E-state index in [9.17, 15) is 0 Å². The maximum atomic E-state index is 5.66. The molecule has 0 spiro atoms. The van der Waals surface area contributed by atoms with Crippen LogP contribution < -0.4 is 0 Å². The molecule has 2 fully saturated rings. The Morgan fingerprint density at radius 3 is 2.55 bits per heavy atom. The van der Waals surface area contributed by atoms with E-state index < -0.39 is 0 Å². The molecule has 11 heavy (non-hydrogen) atoms. The molecule has 0 N–H and O–H groups in total. The second-order valence-corrected chi connectivity index (χ2v) is 3.62. The van der Waals surface area contributed by atoms with Gasteiger partial charge in [0.25, 0.3) is 0 Å². The van der Waals surface area contributed by atoms with E-state index in [1.54, 1.807) is 0 Å². The van der Waals surface area contributed by atoms with Crippen LogP contribution in [0.5, 0.6) is 0 Å². The Morgan fingerprint density at radius 2 is 2.00 bits per heavy atom. The fourth-order valence-corrected chi connectivity index (χ4v) is 1.97. The van der Waals surface area contributed by atoms with Crippen LogP contribution in [0.15, 0.2) is 0 Å². The predicted molar refractivity (Wildman–Crippen MR) is 44.8 cm³/mol. The molecule has 64 valence electrons. The van der Waals surface area contributed by atoms with Crippen LogP contribution >= 0.6 is 11.6 Å². The summed E-state index contributed by atoms with van der Waals surface area (Å²) in [6.07, 6.45) is 4.74. The molecule has 0 aromatic rings. The van der Waals surface area contributed by atoms with E-state index in [-0.39, 0.29) is 0 Å². The summed E-state index contributed by atoms with van der Waals surface area (Å²) in [4.78, 5) is 2.41. The van der Waals surface area contributed by atoms with Gasteiger partial charge in [0.15, 0.2) is 0 Å². The van der Waals surface area contributed by atoms with Crippen molar-refractivity contribution in [3.8, 4) is 0 Å². The van der Waals surface area contributed by atoms with Crippen LogP contribution in [-0.2, 0) is 4.74 Å². The molecule has 0 aromatic heterocycles. The number of ether oxygens (including phenoxy) is 1. The molecule has 0 bridgehead atoms. The molecule has 2 aliphatic rings. The summed E-state index contributed by atoms with van der Waals surface area (Å²) >= 11 is 5.66. The van der Waals surface area contributed by atoms with Gasteiger partial charge in [-0.1, -0.05) is 6.42 Å². The highest BCUT2D eigenvalue weighted by Crippen LogP contribution is 2.29. The highest BCUT2D eigenvalue weighted by molar-refractivity contribution is 6.18. The largest absolute Gasteiger partial charge is 0.352 e. The minimum Gasteiger partial charge on any atom is -0.352 e. The number of epoxide rings is 1. The first kappa shape index (κ1) is 7.84. The van der Waals surface area contributed by atoms with Gasteiger partial charge in [-0.2, -0.15) is 0 Å². The van der Waals surface area contributed by atoms with Crippen molar-refractivity contribution in [2.24, 2.45) is 0 Å². The number of nitrogens with zero attached hydrogens (tertiary/aromatic N) is 1. The molecule has 0 saturated carbocycles. The Kier molecular flexibility index (Phi) is 2.35. The molecule has 0 radical (unpaired) electrons. The first-order valence-electron chi connectivity index (χ1n) is 4.37. The first-order chi connectivity index (χ1) is 5.42. The first-order valence-corrected chi connectivity index (χ1v) is 4.91. The number of halogens is 1. The summed E-state index contributed by atoms with van der Waals surface area (Å²) in [5, 5.41) is 0. The molecule has 2 atom stereocenters. The minimum absolute atomic E-state index is 0.328. The zero-order chi connectivity index (χ0) is 7.68. The third-order valence-corrected chi connectivity index (χ3v) is 2.76. The van der Waals surface area contributed by atoms with Gasteiger partial charge in [-0.05, 0) is 12.8 Å². The van der Waals surface area contributed by atoms with E-state index in [0.29, 0.717) is 18.2 Å². The Bertz CT molecular complexity index is 136. The van der Waals surface area contributed by atoms with E-state index in [1.165, 1.54) is 32.4 Å². The lowest BCUT2D eigenvalue weighted by atomic mass is 10.1. The number of piperidine rings is 1. The Labute approximate surface area is 72.5 Å². The van der Waals surface area contributed by atoms with Gasteiger partial charge >= 0.3 is 0 Å². The molecule has 2 heterocycles. The van der Waals surface area contributed by atoms with Crippen molar-refractivity contribution in [2.45, 2.75) is 31.6 Å². The third-order valence-electron chi connectivity index (χ3n) is 2.46. The van der Waals surface area contributed by atoms with Crippen LogP contribution in [0.3, 0.4) is 0 Å². The van der Waals surface area contributed by atoms with E-state index in [4.69, 9.17) is 16.3 Å². The highest BCUT2D eigenvalue weighted by Gasteiger charge is 2.42. The molecule has 0 aliphatic carbocycles. The van der Waals surface area contributed by atoms with Crippen LogP contribution in [0, 0.1) is 0 Å². The van der Waals surface area contributed by atoms with Gasteiger partial charge in [-0.25, -0.2) is 0 Å². The number of hydrogen-bond acceptors (Lipinski definition) is 2. The summed E-state index contributed by atoms with van der Waals surface area (Å²) in [6.45, 7) is 2.41. The number of hydrogen-bond donors (Lipinski definition) is 0. The van der Waals surface area contributed by atoms with Crippen molar-refractivity contribution in [1.82, 2.24) is 4.90 Å². The quantitative estimate of drug-likeness (QED) is 0.466. The van der Waals surface area contributed by atoms with Crippen molar-refractivity contribution in [3.05, 3.63) is 0 Å². The number of rotatable bonds is 2. The average Bonchev–Trinajstić information content (AvgIpc) is 2.85. The molecule has 2 saturated heterocycles. The van der Waals surface area contributed by atoms with Crippen molar-refractivity contribution in [3.63, 3.8) is 0 Å². The highest BCUT2D eigenvalue weighted by atomic mass is 35.5. The molecule has 2 nitrogen and oxygen atoms in total. The lowest BCUT2D eigenvalue weighted by molar-refractivity contribution is 0.149. The minimum atomic E-state index is 0.328. The normalized spacial score (nSPS) is 39.0. The SMILES string of the molecule is ClCC1OC1N1CCCCC1. The summed E-state index contributed by atoms with van der Waals surface area (Å²) < 4.78 is 5.40. The van der Waals surface area contributed by atoms with Crippen LogP contribution in [0.2, 0.25) is 0 Å². The van der Waals surface area contributed by atoms with Gasteiger partial charge in [-0.3, -0.25) is 4.90 Å². The summed E-state index contributed by atoms with van der Waals surface area (Å²) in [5.41, 5.74) is 0. The summed E-state index contributed by atoms with van der Waals surface area (Å²) in [7, 11) is 0. The van der Waals surface area contributed by atoms with Gasteiger partial charge in [0.05, 0.1) is 5.88 Å². The smallest absolute Gasteiger partial charge is 0.138 e. The maximum absolute atomic E-state index is 5.66. The molecule has 2 unspecified atom stereocenters. The van der Waals surface area contributed by atoms with Crippen molar-refractivity contribution in [2.75, 3.05) is 19.0 Å². The number of alkyl halides is 1. The van der Waals surface area contributed by atoms with Crippen molar-refractivity contribution < 1.29 is 4.74 Å². The fraction of sp³-hybridized carbons (Fsp3) is 1.00. The van der Waals surface area contributed by atoms with Crippen LogP contribution in [0.25, 0.3) is 0 Å². The van der Waals surface area contributed by atoms with Crippen LogP contribution in [-0.4, -0.2) is 36.2 Å². The van der Waals surface area contributed by atoms with Gasteiger partial charge in [0.1, 0.15) is 12.3 Å². The lowest BCUT2D eigenvalue weighted by Crippen LogP contribution is -2.33. The van der Waals surface area contributed by atoms with Crippen LogP contribution in [0.4, 0.5) is 0 Å². The van der Waals surface area contributed by atoms with Gasteiger partial charge in [0.2, 0.25) is 0 Å². The van der Waals surface area contributed by atoms with E-state index in [2.05, 4.69) is 4.90 Å². The second kappa shape index (κ2) is 3.30. The maximum Gasteiger partial charge on any atom is 0.138 e. The van der Waals surface area contributed by atoms with Gasteiger partial charge in [-0.15, -0.1) is 11.6 Å². The van der Waals surface area contributed by atoms with Gasteiger partial charge < -0.3 is 4.74 Å². The summed E-state index contributed by atoms with van der Waals surface area (Å²) in [6, 6.07) is 0. The molecule has 0 aromatic carbocycles. The molecule has 0 amide bonds. The third kappa shape index (κ3) is 1.68. The van der Waals surface area contributed by atoms with E-state index in [1.807, 2.05) is 0 Å². The molecule has 3 heteroatoms. The van der Waals surface area contributed by atoms with Crippen molar-refractivity contribution in [1.29, 1.82) is 0 Å². The zero-order valence-electron chi connectivity index (χ0n) is 6.63. The Morgan fingerprint density at radius 1 is 1.27 bits per heavy atom. The van der Waals surface area contributed by atoms with Crippen molar-refractivity contribution >= 4 is 11.6 Å². The topological polar surface area (TPSA) is 15.8 Å². The van der Waals surface area contributed by atoms with Gasteiger partial charge in [0, 0.05) is 13.1 Å². The van der Waals surface area contributed by atoms with E-state index in [0.717, 1.165) is 0 Å². The predicted octanol–water partition coefficient (Wildman–Crippen LogP) is 1.44. The fourth-order valence-electron chi connectivity index (χ4n) is 1.74. The zero-order valence-corrected chi connectivity index (χ0v) is 7.39. The molecule has 2 aliphatic heterocycles. The molecular formula is C8H14ClNO. The Balaban J connectivity index is 1.77. The second-order valence-electron chi connectivity index (χ2n) is 3.32. The monoisotopic (exact) mass is 175 g/mol. The molecule has 2 rings (SSSR count). The number of likely N-dealkylation sites (tertiary alicyclic amines) is 1. The standard InChI is InChI=1S/C8H14ClNO/c9-6-7-8(11-7)10-4-2-1-3-5-10/h7-8H,1-6H2. The Hall–Kier alpha value is 0.210. The lowest BCUT2D eigenvalue weighted by Gasteiger charge is -2.24. The van der Waals surface area contributed by atoms with Crippen LogP contribution in [0.1, 0.15) is 19.3 Å².